The minimum absolute atomic E-state index is 0.0208. The second-order valence-corrected chi connectivity index (χ2v) is 4.47. The third kappa shape index (κ3) is 8.15. The van der Waals surface area contributed by atoms with E-state index < -0.39 is 43.0 Å². The van der Waals surface area contributed by atoms with Gasteiger partial charge in [-0.3, -0.25) is 4.79 Å². The van der Waals surface area contributed by atoms with Crippen LogP contribution < -0.4 is 5.73 Å². The lowest BCUT2D eigenvalue weighted by Gasteiger charge is -2.22. The van der Waals surface area contributed by atoms with Crippen LogP contribution >= 0.6 is 0 Å². The number of aldehydes is 1. The van der Waals surface area contributed by atoms with Crippen LogP contribution in [0.25, 0.3) is 0 Å². The highest BCUT2D eigenvalue weighted by atomic mass is 16.4. The first-order valence-electron chi connectivity index (χ1n) is 5.86. The molecular weight excluding hydrogens is 274 g/mol. The third-order valence-electron chi connectivity index (χ3n) is 2.42. The molecule has 0 aliphatic rings. The van der Waals surface area contributed by atoms with Crippen molar-refractivity contribution in [3.05, 3.63) is 0 Å². The van der Waals surface area contributed by atoms with Crippen molar-refractivity contribution in [3.8, 4) is 0 Å². The molecule has 0 radical (unpaired) electrons. The maximum Gasteiger partial charge on any atom is 0.320 e. The van der Waals surface area contributed by atoms with Crippen molar-refractivity contribution >= 4 is 12.3 Å². The number of carboxylic acid groups (broad SMARTS) is 1. The molecule has 9 heteroatoms. The van der Waals surface area contributed by atoms with Crippen LogP contribution in [0.15, 0.2) is 0 Å². The van der Waals surface area contributed by atoms with Crippen LogP contribution in [0, 0.1) is 5.92 Å². The SMILES string of the molecule is CC(C)[C@H](N)C(=O)O.O=C[C@H](O)[C@@H](O)[C@@H](O)[C@H](O)CO. The molecule has 0 saturated carbocycles. The average Bonchev–Trinajstić information content (AvgIpc) is 2.43. The topological polar surface area (TPSA) is 182 Å². The molecule has 0 aromatic heterocycles. The highest BCUT2D eigenvalue weighted by molar-refractivity contribution is 5.73. The van der Waals surface area contributed by atoms with E-state index in [2.05, 4.69) is 0 Å². The van der Waals surface area contributed by atoms with Gasteiger partial charge < -0.3 is 41.2 Å². The number of carboxylic acids is 1. The third-order valence-corrected chi connectivity index (χ3v) is 2.42. The fourth-order valence-corrected chi connectivity index (χ4v) is 0.903. The Morgan fingerprint density at radius 3 is 1.80 bits per heavy atom. The van der Waals surface area contributed by atoms with Gasteiger partial charge >= 0.3 is 5.97 Å². The normalized spacial score (nSPS) is 18.2. The molecule has 0 heterocycles. The Kier molecular flexibility index (Phi) is 11.3. The lowest BCUT2D eigenvalue weighted by molar-refractivity contribution is -0.139. The molecule has 0 aromatic rings. The van der Waals surface area contributed by atoms with Crippen molar-refractivity contribution in [1.82, 2.24) is 0 Å². The lowest BCUT2D eigenvalue weighted by Crippen LogP contribution is -2.46. The van der Waals surface area contributed by atoms with Crippen molar-refractivity contribution in [3.63, 3.8) is 0 Å². The van der Waals surface area contributed by atoms with Crippen LogP contribution in [0.1, 0.15) is 13.8 Å². The summed E-state index contributed by atoms with van der Waals surface area (Å²) in [5.41, 5.74) is 5.16. The fraction of sp³-hybridized carbons (Fsp3) is 0.818. The van der Waals surface area contributed by atoms with Gasteiger partial charge in [0.25, 0.3) is 0 Å². The van der Waals surface area contributed by atoms with Crippen molar-refractivity contribution in [2.75, 3.05) is 6.61 Å². The van der Waals surface area contributed by atoms with Crippen LogP contribution in [0.4, 0.5) is 0 Å². The Labute approximate surface area is 116 Å². The van der Waals surface area contributed by atoms with E-state index in [1.165, 1.54) is 0 Å². The molecule has 120 valence electrons. The summed E-state index contributed by atoms with van der Waals surface area (Å²) in [6.45, 7) is 2.79. The molecule has 0 amide bonds. The van der Waals surface area contributed by atoms with Gasteiger partial charge in [-0.25, -0.2) is 0 Å². The van der Waals surface area contributed by atoms with E-state index in [1.54, 1.807) is 13.8 Å². The van der Waals surface area contributed by atoms with Crippen molar-refractivity contribution in [2.45, 2.75) is 44.3 Å². The van der Waals surface area contributed by atoms with E-state index in [1.807, 2.05) is 0 Å². The molecular formula is C11H23NO8. The van der Waals surface area contributed by atoms with E-state index in [0.29, 0.717) is 0 Å². The number of aliphatic carboxylic acids is 1. The zero-order chi connectivity index (χ0) is 16.5. The summed E-state index contributed by atoms with van der Waals surface area (Å²) in [5, 5.41) is 51.8. The Morgan fingerprint density at radius 1 is 1.15 bits per heavy atom. The Balaban J connectivity index is 0. The maximum atomic E-state index is 10.0. The summed E-state index contributed by atoms with van der Waals surface area (Å²) in [6.07, 6.45) is -6.84. The van der Waals surface area contributed by atoms with Gasteiger partial charge in [-0.2, -0.15) is 0 Å². The average molecular weight is 297 g/mol. The monoisotopic (exact) mass is 297 g/mol. The zero-order valence-corrected chi connectivity index (χ0v) is 11.3. The number of hydrogen-bond acceptors (Lipinski definition) is 8. The molecule has 20 heavy (non-hydrogen) atoms. The van der Waals surface area contributed by atoms with E-state index >= 15 is 0 Å². The maximum absolute atomic E-state index is 10.0. The van der Waals surface area contributed by atoms with Gasteiger partial charge in [-0.05, 0) is 5.92 Å². The number of carbonyl (C=O) groups excluding carboxylic acids is 1. The predicted octanol–water partition coefficient (Wildman–Crippen LogP) is -3.32. The van der Waals surface area contributed by atoms with Gasteiger partial charge in [0.1, 0.15) is 30.5 Å². The fourth-order valence-electron chi connectivity index (χ4n) is 0.903. The summed E-state index contributed by atoms with van der Waals surface area (Å²) in [4.78, 5) is 19.9. The number of nitrogens with two attached hydrogens (primary N) is 1. The highest BCUT2D eigenvalue weighted by Crippen LogP contribution is 2.02. The summed E-state index contributed by atoms with van der Waals surface area (Å²) in [5.74, 6) is -0.910. The number of aliphatic hydroxyl groups excluding tert-OH is 5. The lowest BCUT2D eigenvalue weighted by atomic mass is 10.0. The standard InChI is InChI=1S/C6H12O6.C5H11NO2/c7-1-3(9)5(11)6(12)4(10)2-8;1-3(2)4(6)5(7)8/h1,3-6,8-12H,2H2;3-4H,6H2,1-2H3,(H,7,8)/t3-,4+,5+,6-;4-/m00/s1. The second-order valence-electron chi connectivity index (χ2n) is 4.47. The van der Waals surface area contributed by atoms with E-state index in [0.717, 1.165) is 0 Å². The number of aliphatic hydroxyl groups is 5. The Bertz CT molecular complexity index is 286. The first-order chi connectivity index (χ1) is 9.09. The molecule has 0 unspecified atom stereocenters. The molecule has 0 aliphatic heterocycles. The van der Waals surface area contributed by atoms with Crippen molar-refractivity contribution in [2.24, 2.45) is 11.7 Å². The van der Waals surface area contributed by atoms with Crippen LogP contribution in [-0.4, -0.2) is 80.0 Å². The van der Waals surface area contributed by atoms with Gasteiger partial charge in [0.2, 0.25) is 0 Å². The number of rotatable bonds is 7. The van der Waals surface area contributed by atoms with Gasteiger partial charge in [0.15, 0.2) is 6.29 Å². The first kappa shape index (κ1) is 21.2. The molecule has 8 N–H and O–H groups in total. The quantitative estimate of drug-likeness (QED) is 0.236. The summed E-state index contributed by atoms with van der Waals surface area (Å²) < 4.78 is 0. The van der Waals surface area contributed by atoms with Crippen LogP contribution in [-0.2, 0) is 9.59 Å². The van der Waals surface area contributed by atoms with Crippen LogP contribution in [0.3, 0.4) is 0 Å². The molecule has 0 fully saturated rings. The molecule has 0 rings (SSSR count). The van der Waals surface area contributed by atoms with Crippen LogP contribution in [0.2, 0.25) is 0 Å². The molecule has 5 atom stereocenters. The Hall–Kier alpha value is -1.10. The first-order valence-corrected chi connectivity index (χ1v) is 5.86. The van der Waals surface area contributed by atoms with E-state index in [-0.39, 0.29) is 12.2 Å². The van der Waals surface area contributed by atoms with Gasteiger partial charge in [-0.1, -0.05) is 13.8 Å². The smallest absolute Gasteiger partial charge is 0.320 e. The molecule has 0 aliphatic carbocycles. The summed E-state index contributed by atoms with van der Waals surface area (Å²) in [7, 11) is 0. The predicted molar refractivity (Wildman–Crippen MR) is 67.6 cm³/mol. The summed E-state index contributed by atoms with van der Waals surface area (Å²) >= 11 is 0. The van der Waals surface area contributed by atoms with Crippen LogP contribution in [0.5, 0.6) is 0 Å². The minimum atomic E-state index is -1.79. The second kappa shape index (κ2) is 10.7. The molecule has 9 nitrogen and oxygen atoms in total. The Morgan fingerprint density at radius 2 is 1.60 bits per heavy atom. The van der Waals surface area contributed by atoms with Gasteiger partial charge in [0.05, 0.1) is 6.61 Å². The highest BCUT2D eigenvalue weighted by Gasteiger charge is 2.29. The van der Waals surface area contributed by atoms with Crippen molar-refractivity contribution in [1.29, 1.82) is 0 Å². The van der Waals surface area contributed by atoms with Crippen molar-refractivity contribution < 1.29 is 40.2 Å². The largest absolute Gasteiger partial charge is 0.480 e. The molecule has 0 bridgehead atoms. The molecule has 0 aromatic carbocycles. The van der Waals surface area contributed by atoms with Gasteiger partial charge in [0, 0.05) is 0 Å². The molecule has 0 saturated heterocycles. The van der Waals surface area contributed by atoms with E-state index in [9.17, 15) is 9.59 Å². The number of hydrogen-bond donors (Lipinski definition) is 7. The zero-order valence-electron chi connectivity index (χ0n) is 11.3. The number of carbonyl (C=O) groups is 2. The van der Waals surface area contributed by atoms with E-state index in [4.69, 9.17) is 36.4 Å². The summed E-state index contributed by atoms with van der Waals surface area (Å²) in [6, 6.07) is -0.713. The molecule has 0 spiro atoms. The van der Waals surface area contributed by atoms with Gasteiger partial charge in [-0.15, -0.1) is 0 Å². The minimum Gasteiger partial charge on any atom is -0.480 e.